The topological polar surface area (TPSA) is 177 Å². The van der Waals surface area contributed by atoms with E-state index in [0.29, 0.717) is 49.9 Å². The van der Waals surface area contributed by atoms with Crippen LogP contribution in [0.5, 0.6) is 0 Å². The molecule has 0 bridgehead atoms. The SMILES string of the molecule is COC(=O)c1cc(N)cc(-c2ccc3cnn(-c4cccc(C(F)(F)F)n4)c3c2)c1.Nc1cc(C(=O)O)cc(-c2ccc3cnn(-c4cccc(C(F)(F)F)n4)c3c2)c1. The molecule has 4 heterocycles. The number of nitrogens with two attached hydrogens (primary N) is 2. The highest BCUT2D eigenvalue weighted by molar-refractivity contribution is 5.94. The number of pyridine rings is 2. The first-order chi connectivity index (χ1) is 28.0. The molecular weight excluding hydrogens is 782 g/mol. The number of carboxylic acid groups (broad SMARTS) is 1. The van der Waals surface area contributed by atoms with Crippen LogP contribution in [0.1, 0.15) is 32.1 Å². The number of rotatable bonds is 6. The first-order valence-corrected chi connectivity index (χ1v) is 17.2. The van der Waals surface area contributed by atoms with E-state index < -0.39 is 35.7 Å². The Hall–Kier alpha value is -7.76. The molecule has 0 saturated heterocycles. The van der Waals surface area contributed by atoms with Crippen LogP contribution in [0.15, 0.2) is 122 Å². The van der Waals surface area contributed by atoms with Crippen LogP contribution in [0.25, 0.3) is 55.7 Å². The smallest absolute Gasteiger partial charge is 0.433 e. The number of aromatic carboxylic acids is 1. The van der Waals surface area contributed by atoms with Crippen molar-refractivity contribution in [3.63, 3.8) is 0 Å². The molecule has 0 saturated carbocycles. The summed E-state index contributed by atoms with van der Waals surface area (Å²) in [5.74, 6) is -1.58. The Bertz CT molecular complexity index is 2910. The number of anilines is 2. The lowest BCUT2D eigenvalue weighted by atomic mass is 10.0. The molecule has 18 heteroatoms. The van der Waals surface area contributed by atoms with Crippen molar-refractivity contribution < 1.29 is 45.8 Å². The number of alkyl halides is 6. The van der Waals surface area contributed by atoms with Crippen LogP contribution in [0.4, 0.5) is 37.7 Å². The summed E-state index contributed by atoms with van der Waals surface area (Å²) >= 11 is 0. The largest absolute Gasteiger partial charge is 0.478 e. The summed E-state index contributed by atoms with van der Waals surface area (Å²) in [4.78, 5) is 30.5. The van der Waals surface area contributed by atoms with Gasteiger partial charge in [-0.3, -0.25) is 0 Å². The number of nitrogen functional groups attached to an aromatic ring is 2. The van der Waals surface area contributed by atoms with Gasteiger partial charge in [-0.15, -0.1) is 0 Å². The predicted molar refractivity (Wildman–Crippen MR) is 206 cm³/mol. The van der Waals surface area contributed by atoms with Crippen molar-refractivity contribution in [3.05, 3.63) is 144 Å². The third kappa shape index (κ3) is 8.36. The number of nitrogens with zero attached hydrogens (tertiary/aromatic N) is 6. The number of fused-ring (bicyclic) bond motifs is 2. The van der Waals surface area contributed by atoms with E-state index in [1.807, 2.05) is 6.07 Å². The Morgan fingerprint density at radius 2 is 1.03 bits per heavy atom. The zero-order valence-electron chi connectivity index (χ0n) is 30.3. The van der Waals surface area contributed by atoms with E-state index in [4.69, 9.17) is 16.2 Å². The molecule has 5 N–H and O–H groups in total. The Labute approximate surface area is 328 Å². The summed E-state index contributed by atoms with van der Waals surface area (Å²) in [7, 11) is 1.28. The molecule has 4 aromatic heterocycles. The number of methoxy groups -OCH3 is 1. The van der Waals surface area contributed by atoms with Crippen molar-refractivity contribution >= 4 is 45.1 Å². The fourth-order valence-electron chi connectivity index (χ4n) is 6.16. The van der Waals surface area contributed by atoms with Gasteiger partial charge in [0.25, 0.3) is 0 Å². The second-order valence-corrected chi connectivity index (χ2v) is 12.9. The molecule has 0 aliphatic carbocycles. The lowest BCUT2D eigenvalue weighted by Crippen LogP contribution is -2.10. The lowest BCUT2D eigenvalue weighted by molar-refractivity contribution is -0.141. The van der Waals surface area contributed by atoms with E-state index in [1.54, 1.807) is 54.7 Å². The monoisotopic (exact) mass is 810 g/mol. The van der Waals surface area contributed by atoms with Gasteiger partial charge in [0.1, 0.15) is 11.4 Å². The maximum Gasteiger partial charge on any atom is 0.433 e. The number of carboxylic acids is 1. The van der Waals surface area contributed by atoms with Crippen LogP contribution < -0.4 is 11.5 Å². The van der Waals surface area contributed by atoms with Gasteiger partial charge < -0.3 is 21.3 Å². The van der Waals surface area contributed by atoms with Crippen LogP contribution in [0.2, 0.25) is 0 Å². The zero-order chi connectivity index (χ0) is 42.2. The molecule has 0 radical (unpaired) electrons. The summed E-state index contributed by atoms with van der Waals surface area (Å²) in [5, 5.41) is 19.0. The molecule has 59 heavy (non-hydrogen) atoms. The Kier molecular flexibility index (Phi) is 10.2. The number of esters is 1. The van der Waals surface area contributed by atoms with Crippen molar-refractivity contribution in [3.8, 4) is 33.9 Å². The van der Waals surface area contributed by atoms with Gasteiger partial charge in [-0.05, 0) is 95.1 Å². The van der Waals surface area contributed by atoms with Gasteiger partial charge in [-0.2, -0.15) is 36.5 Å². The van der Waals surface area contributed by atoms with E-state index in [-0.39, 0.29) is 22.9 Å². The van der Waals surface area contributed by atoms with Gasteiger partial charge in [-0.25, -0.2) is 28.9 Å². The second kappa shape index (κ2) is 15.3. The maximum absolute atomic E-state index is 13.0. The van der Waals surface area contributed by atoms with Crippen molar-refractivity contribution in [2.45, 2.75) is 12.4 Å². The molecule has 0 spiro atoms. The molecule has 0 amide bonds. The summed E-state index contributed by atoms with van der Waals surface area (Å²) in [6, 6.07) is 27.0. The molecular formula is C41H28F6N8O4. The molecule has 12 nitrogen and oxygen atoms in total. The number of hydrogen-bond donors (Lipinski definition) is 3. The van der Waals surface area contributed by atoms with Crippen molar-refractivity contribution in [2.24, 2.45) is 0 Å². The summed E-state index contributed by atoms with van der Waals surface area (Å²) in [5.41, 5.74) is 14.3. The van der Waals surface area contributed by atoms with Gasteiger partial charge >= 0.3 is 24.3 Å². The van der Waals surface area contributed by atoms with Gasteiger partial charge in [0.2, 0.25) is 0 Å². The second-order valence-electron chi connectivity index (χ2n) is 12.9. The Morgan fingerprint density at radius 3 is 1.46 bits per heavy atom. The van der Waals surface area contributed by atoms with Crippen molar-refractivity contribution in [2.75, 3.05) is 18.6 Å². The molecule has 0 atom stereocenters. The molecule has 8 rings (SSSR count). The molecule has 4 aromatic carbocycles. The summed E-state index contributed by atoms with van der Waals surface area (Å²) in [6.07, 6.45) is -6.07. The number of halogens is 6. The van der Waals surface area contributed by atoms with E-state index in [0.717, 1.165) is 17.5 Å². The van der Waals surface area contributed by atoms with Gasteiger partial charge in [-0.1, -0.05) is 36.4 Å². The highest BCUT2D eigenvalue weighted by Crippen LogP contribution is 2.33. The van der Waals surface area contributed by atoms with Crippen molar-refractivity contribution in [1.29, 1.82) is 0 Å². The molecule has 0 aliphatic rings. The van der Waals surface area contributed by atoms with E-state index in [2.05, 4.69) is 20.2 Å². The highest BCUT2D eigenvalue weighted by Gasteiger charge is 2.33. The first kappa shape index (κ1) is 39.5. The van der Waals surface area contributed by atoms with Crippen LogP contribution >= 0.6 is 0 Å². The van der Waals surface area contributed by atoms with Crippen LogP contribution in [0.3, 0.4) is 0 Å². The van der Waals surface area contributed by atoms with Crippen molar-refractivity contribution in [1.82, 2.24) is 29.5 Å². The number of hydrogen-bond acceptors (Lipinski definition) is 9. The summed E-state index contributed by atoms with van der Waals surface area (Å²) < 4.78 is 85.5. The van der Waals surface area contributed by atoms with E-state index in [1.165, 1.54) is 65.1 Å². The molecule has 0 fully saturated rings. The van der Waals surface area contributed by atoms with Crippen LogP contribution in [-0.4, -0.2) is 53.7 Å². The minimum Gasteiger partial charge on any atom is -0.478 e. The van der Waals surface area contributed by atoms with E-state index in [9.17, 15) is 41.0 Å². The van der Waals surface area contributed by atoms with Crippen LogP contribution in [0, 0.1) is 0 Å². The average molecular weight is 811 g/mol. The highest BCUT2D eigenvalue weighted by atomic mass is 19.4. The maximum atomic E-state index is 13.0. The lowest BCUT2D eigenvalue weighted by Gasteiger charge is -2.10. The van der Waals surface area contributed by atoms with Gasteiger partial charge in [0, 0.05) is 22.1 Å². The normalized spacial score (nSPS) is 11.6. The van der Waals surface area contributed by atoms with Gasteiger partial charge in [0.05, 0.1) is 41.7 Å². The number of ether oxygens (including phenoxy) is 1. The predicted octanol–water partition coefficient (Wildman–Crippen LogP) is 8.86. The number of aromatic nitrogens is 6. The number of carbonyl (C=O) groups excluding carboxylic acids is 1. The van der Waals surface area contributed by atoms with Gasteiger partial charge in [0.15, 0.2) is 11.6 Å². The Balaban J connectivity index is 0.000000179. The number of carbonyl (C=O) groups is 2. The molecule has 298 valence electrons. The minimum atomic E-state index is -4.57. The minimum absolute atomic E-state index is 0.0192. The summed E-state index contributed by atoms with van der Waals surface area (Å²) in [6.45, 7) is 0. The first-order valence-electron chi connectivity index (χ1n) is 17.2. The number of benzene rings is 4. The third-order valence-electron chi connectivity index (χ3n) is 8.87. The quantitative estimate of drug-likeness (QED) is 0.0835. The average Bonchev–Trinajstić information content (AvgIpc) is 3.84. The molecule has 8 aromatic rings. The Morgan fingerprint density at radius 1 is 0.593 bits per heavy atom. The molecule has 0 unspecified atom stereocenters. The zero-order valence-corrected chi connectivity index (χ0v) is 30.3. The van der Waals surface area contributed by atoms with Crippen LogP contribution in [-0.2, 0) is 17.1 Å². The fraction of sp³-hybridized carbons (Fsp3) is 0.0732. The molecule has 0 aliphatic heterocycles. The standard InChI is InChI=1S/C21H15F3N4O2.C20H13F3N4O2/c1-30-20(29)15-7-14(8-16(25)9-15)12-5-6-13-11-26-28(17(13)10-12)19-4-2-3-18(27-19)21(22,23)24;21-20(22,23)17-2-1-3-18(26-17)27-16-9-11(4-5-12(16)10-25-27)13-6-14(19(28)29)8-15(24)7-13/h2-11H,25H2,1H3;1-10H,24H2,(H,28,29). The van der Waals surface area contributed by atoms with E-state index >= 15 is 0 Å². The fourth-order valence-corrected chi connectivity index (χ4v) is 6.16. The third-order valence-corrected chi connectivity index (χ3v) is 8.87.